The number of carbonyl (C=O) groups excluding carboxylic acids is 1. The van der Waals surface area contributed by atoms with E-state index in [9.17, 15) is 18.0 Å². The van der Waals surface area contributed by atoms with Crippen LogP contribution >= 0.6 is 0 Å². The number of amides is 1. The number of methoxy groups -OCH3 is 1. The molecule has 0 aliphatic carbocycles. The van der Waals surface area contributed by atoms with Crippen LogP contribution < -0.4 is 5.32 Å². The minimum absolute atomic E-state index is 0.104. The normalized spacial score (nSPS) is 32.1. The molecule has 0 spiro atoms. The van der Waals surface area contributed by atoms with Crippen LogP contribution in [0.4, 0.5) is 13.2 Å². The predicted molar refractivity (Wildman–Crippen MR) is 59.4 cm³/mol. The summed E-state index contributed by atoms with van der Waals surface area (Å²) in [5.74, 6) is -1.98. The van der Waals surface area contributed by atoms with Gasteiger partial charge in [0, 0.05) is 20.1 Å². The molecular formula is C11H18F3NO4. The molecule has 0 radical (unpaired) electrons. The van der Waals surface area contributed by atoms with Crippen LogP contribution in [0.5, 0.6) is 0 Å². The Bertz CT molecular complexity index is 311. The first kappa shape index (κ1) is 16.2. The van der Waals surface area contributed by atoms with Crippen molar-refractivity contribution in [2.75, 3.05) is 13.7 Å². The molecular weight excluding hydrogens is 267 g/mol. The van der Waals surface area contributed by atoms with Gasteiger partial charge in [0.05, 0.1) is 12.1 Å². The highest BCUT2D eigenvalue weighted by atomic mass is 19.4. The molecule has 1 rings (SSSR count). The third-order valence-electron chi connectivity index (χ3n) is 2.87. The number of hydrogen-bond acceptors (Lipinski definition) is 4. The summed E-state index contributed by atoms with van der Waals surface area (Å²) in [5.41, 5.74) is 0. The van der Waals surface area contributed by atoms with Gasteiger partial charge in [-0.3, -0.25) is 4.79 Å². The monoisotopic (exact) mass is 285 g/mol. The highest BCUT2D eigenvalue weighted by Gasteiger charge is 2.44. The summed E-state index contributed by atoms with van der Waals surface area (Å²) in [6.45, 7) is 3.70. The fourth-order valence-electron chi connectivity index (χ4n) is 2.03. The van der Waals surface area contributed by atoms with Crippen LogP contribution in [0.25, 0.3) is 0 Å². The fraction of sp³-hybridized carbons (Fsp3) is 0.909. The lowest BCUT2D eigenvalue weighted by molar-refractivity contribution is -0.226. The first-order valence-electron chi connectivity index (χ1n) is 5.97. The number of nitrogens with one attached hydrogen (secondary N) is 1. The summed E-state index contributed by atoms with van der Waals surface area (Å²) in [4.78, 5) is 11.0. The first-order valence-corrected chi connectivity index (χ1v) is 5.97. The van der Waals surface area contributed by atoms with Gasteiger partial charge in [-0.1, -0.05) is 0 Å². The molecule has 0 unspecified atom stereocenters. The van der Waals surface area contributed by atoms with Gasteiger partial charge in [-0.15, -0.1) is 0 Å². The molecule has 1 amide bonds. The van der Waals surface area contributed by atoms with E-state index in [1.54, 1.807) is 13.8 Å². The van der Waals surface area contributed by atoms with Crippen molar-refractivity contribution in [1.82, 2.24) is 5.32 Å². The SMILES string of the molecule is CCO[C@H]1[C@@H](NC(=O)C(F)(F)F)C[C@@H](OC)O[C@H]1C. The second kappa shape index (κ2) is 6.53. The van der Waals surface area contributed by atoms with Crippen LogP contribution in [-0.2, 0) is 19.0 Å². The van der Waals surface area contributed by atoms with Crippen molar-refractivity contribution in [3.63, 3.8) is 0 Å². The summed E-state index contributed by atoms with van der Waals surface area (Å²) in [5, 5.41) is 1.94. The third kappa shape index (κ3) is 4.32. The molecule has 8 heteroatoms. The van der Waals surface area contributed by atoms with Crippen LogP contribution in [0.15, 0.2) is 0 Å². The van der Waals surface area contributed by atoms with Gasteiger partial charge >= 0.3 is 12.1 Å². The molecule has 5 nitrogen and oxygen atoms in total. The number of halogens is 3. The average molecular weight is 285 g/mol. The molecule has 1 N–H and O–H groups in total. The van der Waals surface area contributed by atoms with E-state index in [4.69, 9.17) is 14.2 Å². The minimum Gasteiger partial charge on any atom is -0.374 e. The summed E-state index contributed by atoms with van der Waals surface area (Å²) >= 11 is 0. The topological polar surface area (TPSA) is 56.8 Å². The summed E-state index contributed by atoms with van der Waals surface area (Å²) in [6.07, 6.45) is -6.58. The van der Waals surface area contributed by atoms with Crippen molar-refractivity contribution in [2.24, 2.45) is 0 Å². The predicted octanol–water partition coefficient (Wildman–Crippen LogP) is 1.22. The Hall–Kier alpha value is -0.860. The zero-order valence-corrected chi connectivity index (χ0v) is 11.0. The van der Waals surface area contributed by atoms with Gasteiger partial charge < -0.3 is 19.5 Å². The van der Waals surface area contributed by atoms with Gasteiger partial charge in [0.15, 0.2) is 6.29 Å². The standard InChI is InChI=1S/C11H18F3NO4/c1-4-18-9-6(2)19-8(17-3)5-7(9)15-10(16)11(12,13)14/h6-9H,4-5H2,1-3H3,(H,15,16)/t6-,7-,8-,9+/m0/s1. The van der Waals surface area contributed by atoms with E-state index in [1.807, 2.05) is 5.32 Å². The highest BCUT2D eigenvalue weighted by Crippen LogP contribution is 2.24. The van der Waals surface area contributed by atoms with E-state index in [1.165, 1.54) is 7.11 Å². The van der Waals surface area contributed by atoms with E-state index < -0.39 is 36.6 Å². The van der Waals surface area contributed by atoms with Gasteiger partial charge in [-0.25, -0.2) is 0 Å². The Kier molecular flexibility index (Phi) is 5.57. The number of hydrogen-bond donors (Lipinski definition) is 1. The van der Waals surface area contributed by atoms with E-state index in [-0.39, 0.29) is 6.42 Å². The molecule has 0 bridgehead atoms. The molecule has 0 aromatic rings. The zero-order valence-electron chi connectivity index (χ0n) is 11.0. The molecule has 1 aliphatic heterocycles. The lowest BCUT2D eigenvalue weighted by Gasteiger charge is -2.40. The number of alkyl halides is 3. The van der Waals surface area contributed by atoms with Gasteiger partial charge in [0.2, 0.25) is 0 Å². The van der Waals surface area contributed by atoms with E-state index in [2.05, 4.69) is 0 Å². The van der Waals surface area contributed by atoms with Crippen molar-refractivity contribution in [2.45, 2.75) is 51.0 Å². The molecule has 0 aromatic carbocycles. The summed E-state index contributed by atoms with van der Waals surface area (Å²) < 4.78 is 52.6. The summed E-state index contributed by atoms with van der Waals surface area (Å²) in [6, 6.07) is -0.803. The second-order valence-electron chi connectivity index (χ2n) is 4.24. The Labute approximate surface area is 109 Å². The molecule has 4 atom stereocenters. The number of ether oxygens (including phenoxy) is 3. The zero-order chi connectivity index (χ0) is 14.6. The maximum absolute atomic E-state index is 12.3. The van der Waals surface area contributed by atoms with Crippen molar-refractivity contribution in [1.29, 1.82) is 0 Å². The van der Waals surface area contributed by atoms with Gasteiger partial charge in [0.25, 0.3) is 0 Å². The van der Waals surface area contributed by atoms with E-state index >= 15 is 0 Å². The Morgan fingerprint density at radius 1 is 1.47 bits per heavy atom. The average Bonchev–Trinajstić information content (AvgIpc) is 2.31. The molecule has 1 fully saturated rings. The van der Waals surface area contributed by atoms with Crippen LogP contribution in [0, 0.1) is 0 Å². The fourth-order valence-corrected chi connectivity index (χ4v) is 2.03. The second-order valence-corrected chi connectivity index (χ2v) is 4.24. The largest absolute Gasteiger partial charge is 0.471 e. The van der Waals surface area contributed by atoms with Crippen LogP contribution in [0.2, 0.25) is 0 Å². The van der Waals surface area contributed by atoms with Crippen LogP contribution in [-0.4, -0.2) is 50.3 Å². The Balaban J connectivity index is 2.76. The van der Waals surface area contributed by atoms with Crippen LogP contribution in [0.1, 0.15) is 20.3 Å². The molecule has 0 saturated carbocycles. The van der Waals surface area contributed by atoms with Crippen LogP contribution in [0.3, 0.4) is 0 Å². The molecule has 1 aliphatic rings. The van der Waals surface area contributed by atoms with Crippen molar-refractivity contribution in [3.05, 3.63) is 0 Å². The molecule has 1 heterocycles. The maximum Gasteiger partial charge on any atom is 0.471 e. The first-order chi connectivity index (χ1) is 8.79. The summed E-state index contributed by atoms with van der Waals surface area (Å²) in [7, 11) is 1.39. The van der Waals surface area contributed by atoms with Crippen molar-refractivity contribution in [3.8, 4) is 0 Å². The molecule has 1 saturated heterocycles. The Morgan fingerprint density at radius 3 is 2.58 bits per heavy atom. The van der Waals surface area contributed by atoms with Gasteiger partial charge in [-0.2, -0.15) is 13.2 Å². The molecule has 112 valence electrons. The van der Waals surface area contributed by atoms with Crippen molar-refractivity contribution < 1.29 is 32.2 Å². The lowest BCUT2D eigenvalue weighted by Crippen LogP contribution is -2.58. The number of carbonyl (C=O) groups is 1. The molecule has 0 aromatic heterocycles. The minimum atomic E-state index is -4.92. The van der Waals surface area contributed by atoms with E-state index in [0.29, 0.717) is 6.61 Å². The van der Waals surface area contributed by atoms with Gasteiger partial charge in [-0.05, 0) is 13.8 Å². The Morgan fingerprint density at radius 2 is 2.11 bits per heavy atom. The smallest absolute Gasteiger partial charge is 0.374 e. The van der Waals surface area contributed by atoms with Gasteiger partial charge in [0.1, 0.15) is 6.10 Å². The van der Waals surface area contributed by atoms with Crippen molar-refractivity contribution >= 4 is 5.91 Å². The lowest BCUT2D eigenvalue weighted by atomic mass is 9.99. The third-order valence-corrected chi connectivity index (χ3v) is 2.87. The quantitative estimate of drug-likeness (QED) is 0.844. The number of rotatable bonds is 4. The molecule has 19 heavy (non-hydrogen) atoms. The maximum atomic E-state index is 12.3. The van der Waals surface area contributed by atoms with E-state index in [0.717, 1.165) is 0 Å². The highest BCUT2D eigenvalue weighted by molar-refractivity contribution is 5.82.